The minimum absolute atomic E-state index is 0.388. The van der Waals surface area contributed by atoms with E-state index < -0.39 is 0 Å². The number of aromatic nitrogens is 3. The standard InChI is InChI=1S/C18H20N4O2/c1-23-13-3-4-16(24-2)15(9-13)12-6-8-22(10-12)18-14-5-7-19-17(14)20-11-21-18/h3-5,7,9,11-12H,6,8,10H2,1-2H3,(H,19,20,21). The zero-order valence-corrected chi connectivity index (χ0v) is 13.8. The minimum atomic E-state index is 0.388. The van der Waals surface area contributed by atoms with Gasteiger partial charge in [-0.05, 0) is 30.7 Å². The molecular weight excluding hydrogens is 304 g/mol. The van der Waals surface area contributed by atoms with E-state index in [2.05, 4.69) is 25.9 Å². The highest BCUT2D eigenvalue weighted by Crippen LogP contribution is 2.38. The van der Waals surface area contributed by atoms with Gasteiger partial charge in [0.2, 0.25) is 0 Å². The molecule has 6 nitrogen and oxygen atoms in total. The fourth-order valence-corrected chi connectivity index (χ4v) is 3.48. The molecule has 3 aromatic rings. The number of hydrogen-bond acceptors (Lipinski definition) is 5. The quantitative estimate of drug-likeness (QED) is 0.799. The fourth-order valence-electron chi connectivity index (χ4n) is 3.48. The van der Waals surface area contributed by atoms with Crippen molar-refractivity contribution in [3.8, 4) is 11.5 Å². The summed E-state index contributed by atoms with van der Waals surface area (Å²) in [6.45, 7) is 1.86. The van der Waals surface area contributed by atoms with E-state index in [0.717, 1.165) is 47.9 Å². The number of nitrogens with zero attached hydrogens (tertiary/aromatic N) is 3. The first-order valence-corrected chi connectivity index (χ1v) is 8.05. The van der Waals surface area contributed by atoms with Crippen molar-refractivity contribution in [1.29, 1.82) is 0 Å². The van der Waals surface area contributed by atoms with E-state index in [1.807, 2.05) is 24.4 Å². The first-order chi connectivity index (χ1) is 11.8. The molecule has 0 spiro atoms. The molecule has 1 saturated heterocycles. The van der Waals surface area contributed by atoms with Gasteiger partial charge in [-0.1, -0.05) is 0 Å². The molecule has 0 bridgehead atoms. The number of methoxy groups -OCH3 is 2. The maximum Gasteiger partial charge on any atom is 0.142 e. The molecule has 24 heavy (non-hydrogen) atoms. The van der Waals surface area contributed by atoms with Crippen LogP contribution in [0.3, 0.4) is 0 Å². The molecule has 1 N–H and O–H groups in total. The van der Waals surface area contributed by atoms with Crippen LogP contribution in [-0.2, 0) is 0 Å². The largest absolute Gasteiger partial charge is 0.497 e. The van der Waals surface area contributed by atoms with Crippen LogP contribution in [0.15, 0.2) is 36.8 Å². The van der Waals surface area contributed by atoms with Gasteiger partial charge >= 0.3 is 0 Å². The second-order valence-corrected chi connectivity index (χ2v) is 5.98. The van der Waals surface area contributed by atoms with Crippen molar-refractivity contribution < 1.29 is 9.47 Å². The van der Waals surface area contributed by atoms with E-state index in [-0.39, 0.29) is 0 Å². The summed E-state index contributed by atoms with van der Waals surface area (Å²) in [5, 5.41) is 1.07. The third kappa shape index (κ3) is 2.44. The Hall–Kier alpha value is -2.76. The molecule has 0 saturated carbocycles. The Morgan fingerprint density at radius 3 is 2.92 bits per heavy atom. The van der Waals surface area contributed by atoms with Gasteiger partial charge in [0, 0.05) is 30.8 Å². The molecule has 3 heterocycles. The lowest BCUT2D eigenvalue weighted by molar-refractivity contribution is 0.396. The highest BCUT2D eigenvalue weighted by atomic mass is 16.5. The van der Waals surface area contributed by atoms with Gasteiger partial charge in [-0.2, -0.15) is 0 Å². The van der Waals surface area contributed by atoms with Gasteiger partial charge in [-0.15, -0.1) is 0 Å². The van der Waals surface area contributed by atoms with E-state index in [1.165, 1.54) is 5.56 Å². The summed E-state index contributed by atoms with van der Waals surface area (Å²) in [5.74, 6) is 3.15. The zero-order chi connectivity index (χ0) is 16.5. The van der Waals surface area contributed by atoms with Gasteiger partial charge in [-0.3, -0.25) is 0 Å². The molecule has 124 valence electrons. The van der Waals surface area contributed by atoms with E-state index in [9.17, 15) is 0 Å². The van der Waals surface area contributed by atoms with Gasteiger partial charge in [-0.25, -0.2) is 9.97 Å². The Morgan fingerprint density at radius 2 is 2.08 bits per heavy atom. The molecular formula is C18H20N4O2. The van der Waals surface area contributed by atoms with Crippen LogP contribution in [0.2, 0.25) is 0 Å². The lowest BCUT2D eigenvalue weighted by Gasteiger charge is -2.19. The Kier molecular flexibility index (Phi) is 3.72. The van der Waals surface area contributed by atoms with Crippen LogP contribution in [0, 0.1) is 0 Å². The topological polar surface area (TPSA) is 63.3 Å². The van der Waals surface area contributed by atoms with Gasteiger partial charge < -0.3 is 19.4 Å². The molecule has 6 heteroatoms. The number of aromatic amines is 1. The monoisotopic (exact) mass is 324 g/mol. The fraction of sp³-hybridized carbons (Fsp3) is 0.333. The van der Waals surface area contributed by atoms with Crippen molar-refractivity contribution in [1.82, 2.24) is 15.0 Å². The van der Waals surface area contributed by atoms with Crippen LogP contribution in [0.1, 0.15) is 17.9 Å². The summed E-state index contributed by atoms with van der Waals surface area (Å²) in [4.78, 5) is 14.2. The Labute approximate surface area is 140 Å². The first-order valence-electron chi connectivity index (χ1n) is 8.05. The summed E-state index contributed by atoms with van der Waals surface area (Å²) in [6.07, 6.45) is 4.58. The van der Waals surface area contributed by atoms with Crippen molar-refractivity contribution in [2.24, 2.45) is 0 Å². The van der Waals surface area contributed by atoms with Gasteiger partial charge in [0.1, 0.15) is 29.3 Å². The number of anilines is 1. The van der Waals surface area contributed by atoms with Crippen molar-refractivity contribution in [3.05, 3.63) is 42.4 Å². The van der Waals surface area contributed by atoms with E-state index in [0.29, 0.717) is 5.92 Å². The highest BCUT2D eigenvalue weighted by molar-refractivity contribution is 5.87. The van der Waals surface area contributed by atoms with Crippen molar-refractivity contribution >= 4 is 16.9 Å². The molecule has 1 unspecified atom stereocenters. The van der Waals surface area contributed by atoms with Crippen molar-refractivity contribution in [3.63, 3.8) is 0 Å². The second kappa shape index (κ2) is 6.03. The summed E-state index contributed by atoms with van der Waals surface area (Å²) in [6, 6.07) is 8.03. The van der Waals surface area contributed by atoms with Crippen LogP contribution in [0.4, 0.5) is 5.82 Å². The van der Waals surface area contributed by atoms with Crippen LogP contribution >= 0.6 is 0 Å². The maximum atomic E-state index is 5.55. The van der Waals surface area contributed by atoms with Gasteiger partial charge in [0.05, 0.1) is 19.6 Å². The van der Waals surface area contributed by atoms with Crippen LogP contribution < -0.4 is 14.4 Å². The molecule has 0 amide bonds. The molecule has 4 rings (SSSR count). The molecule has 2 aromatic heterocycles. The number of benzene rings is 1. The van der Waals surface area contributed by atoms with E-state index >= 15 is 0 Å². The molecule has 1 aliphatic rings. The third-order valence-corrected chi connectivity index (χ3v) is 4.70. The van der Waals surface area contributed by atoms with Crippen LogP contribution in [0.5, 0.6) is 11.5 Å². The predicted molar refractivity (Wildman–Crippen MR) is 93.0 cm³/mol. The van der Waals surface area contributed by atoms with Crippen LogP contribution in [-0.4, -0.2) is 42.3 Å². The first kappa shape index (κ1) is 14.8. The average Bonchev–Trinajstić information content (AvgIpc) is 3.30. The SMILES string of the molecule is COc1ccc(OC)c(C2CCN(c3ncnc4[nH]ccc34)C2)c1. The van der Waals surface area contributed by atoms with Crippen molar-refractivity contribution in [2.75, 3.05) is 32.2 Å². The van der Waals surface area contributed by atoms with E-state index in [1.54, 1.807) is 20.5 Å². The number of nitrogens with one attached hydrogen (secondary N) is 1. The van der Waals surface area contributed by atoms with E-state index in [4.69, 9.17) is 9.47 Å². The molecule has 1 aromatic carbocycles. The molecule has 0 aliphatic carbocycles. The molecule has 1 aliphatic heterocycles. The number of ether oxygens (including phenoxy) is 2. The Bertz CT molecular complexity index is 861. The van der Waals surface area contributed by atoms with Crippen LogP contribution in [0.25, 0.3) is 11.0 Å². The lowest BCUT2D eigenvalue weighted by atomic mass is 9.97. The minimum Gasteiger partial charge on any atom is -0.497 e. The molecule has 1 atom stereocenters. The average molecular weight is 324 g/mol. The summed E-state index contributed by atoms with van der Waals surface area (Å²) in [7, 11) is 3.40. The van der Waals surface area contributed by atoms with Gasteiger partial charge in [0.25, 0.3) is 0 Å². The molecule has 1 fully saturated rings. The number of fused-ring (bicyclic) bond motifs is 1. The summed E-state index contributed by atoms with van der Waals surface area (Å²) < 4.78 is 10.9. The number of H-pyrrole nitrogens is 1. The van der Waals surface area contributed by atoms with Crippen molar-refractivity contribution in [2.45, 2.75) is 12.3 Å². The second-order valence-electron chi connectivity index (χ2n) is 5.98. The maximum absolute atomic E-state index is 5.55. The number of hydrogen-bond donors (Lipinski definition) is 1. The number of rotatable bonds is 4. The Balaban J connectivity index is 1.64. The highest BCUT2D eigenvalue weighted by Gasteiger charge is 2.28. The molecule has 0 radical (unpaired) electrons. The third-order valence-electron chi connectivity index (χ3n) is 4.70. The normalized spacial score (nSPS) is 17.4. The van der Waals surface area contributed by atoms with Gasteiger partial charge in [0.15, 0.2) is 0 Å². The zero-order valence-electron chi connectivity index (χ0n) is 13.8. The Morgan fingerprint density at radius 1 is 1.17 bits per heavy atom. The summed E-state index contributed by atoms with van der Waals surface area (Å²) >= 11 is 0. The lowest BCUT2D eigenvalue weighted by Crippen LogP contribution is -2.20. The summed E-state index contributed by atoms with van der Waals surface area (Å²) in [5.41, 5.74) is 2.07. The smallest absolute Gasteiger partial charge is 0.142 e. The predicted octanol–water partition coefficient (Wildman–Crippen LogP) is 2.97.